The standard InChI is InChI=1S/C11H20N2O2/c1-3-8-13(9-6-5-7-12)10-11(14)15-4-2/h3-6,8-10H2,1-2H3. The predicted octanol–water partition coefficient (Wildman–Crippen LogP) is 1.57. The van der Waals surface area contributed by atoms with Crippen molar-refractivity contribution in [3.05, 3.63) is 0 Å². The molecule has 0 N–H and O–H groups in total. The van der Waals surface area contributed by atoms with Crippen molar-refractivity contribution in [1.29, 1.82) is 5.26 Å². The summed E-state index contributed by atoms with van der Waals surface area (Å²) < 4.78 is 4.88. The SMILES string of the molecule is CCCN(CCCC#N)CC(=O)OCC. The number of unbranched alkanes of at least 4 members (excludes halogenated alkanes) is 1. The van der Waals surface area contributed by atoms with E-state index >= 15 is 0 Å². The fraction of sp³-hybridized carbons (Fsp3) is 0.818. The molecule has 0 aromatic carbocycles. The van der Waals surface area contributed by atoms with Crippen molar-refractivity contribution >= 4 is 5.97 Å². The van der Waals surface area contributed by atoms with E-state index in [1.165, 1.54) is 0 Å². The van der Waals surface area contributed by atoms with Gasteiger partial charge in [0.2, 0.25) is 0 Å². The largest absolute Gasteiger partial charge is 0.465 e. The highest BCUT2D eigenvalue weighted by Crippen LogP contribution is 1.97. The van der Waals surface area contributed by atoms with Crippen LogP contribution in [0.15, 0.2) is 0 Å². The molecule has 0 amide bonds. The van der Waals surface area contributed by atoms with E-state index in [0.717, 1.165) is 25.9 Å². The quantitative estimate of drug-likeness (QED) is 0.452. The summed E-state index contributed by atoms with van der Waals surface area (Å²) in [5.41, 5.74) is 0. The van der Waals surface area contributed by atoms with Gasteiger partial charge in [-0.05, 0) is 32.9 Å². The number of ether oxygens (including phenoxy) is 1. The lowest BCUT2D eigenvalue weighted by Crippen LogP contribution is -2.32. The summed E-state index contributed by atoms with van der Waals surface area (Å²) in [5, 5.41) is 8.42. The molecule has 15 heavy (non-hydrogen) atoms. The van der Waals surface area contributed by atoms with E-state index < -0.39 is 0 Å². The van der Waals surface area contributed by atoms with Gasteiger partial charge in [0.1, 0.15) is 0 Å². The Kier molecular flexibility index (Phi) is 8.79. The van der Waals surface area contributed by atoms with Crippen molar-refractivity contribution in [2.24, 2.45) is 0 Å². The van der Waals surface area contributed by atoms with Crippen LogP contribution in [0.5, 0.6) is 0 Å². The second kappa shape index (κ2) is 9.47. The number of carbonyl (C=O) groups is 1. The molecule has 0 aliphatic rings. The van der Waals surface area contributed by atoms with Crippen LogP contribution in [0.25, 0.3) is 0 Å². The van der Waals surface area contributed by atoms with Crippen molar-refractivity contribution < 1.29 is 9.53 Å². The molecular formula is C11H20N2O2. The lowest BCUT2D eigenvalue weighted by Gasteiger charge is -2.19. The van der Waals surface area contributed by atoms with Crippen molar-refractivity contribution in [3.8, 4) is 6.07 Å². The smallest absolute Gasteiger partial charge is 0.320 e. The summed E-state index contributed by atoms with van der Waals surface area (Å²) in [6, 6.07) is 2.10. The van der Waals surface area contributed by atoms with Gasteiger partial charge in [-0.2, -0.15) is 5.26 Å². The Morgan fingerprint density at radius 2 is 2.13 bits per heavy atom. The van der Waals surface area contributed by atoms with E-state index in [2.05, 4.69) is 13.0 Å². The second-order valence-electron chi connectivity index (χ2n) is 3.34. The molecule has 0 aliphatic heterocycles. The first kappa shape index (κ1) is 13.9. The Bertz CT molecular complexity index is 211. The van der Waals surface area contributed by atoms with Gasteiger partial charge in [0, 0.05) is 6.42 Å². The van der Waals surface area contributed by atoms with Crippen molar-refractivity contribution in [1.82, 2.24) is 4.90 Å². The highest BCUT2D eigenvalue weighted by atomic mass is 16.5. The van der Waals surface area contributed by atoms with E-state index in [1.807, 2.05) is 4.90 Å². The molecule has 0 saturated carbocycles. The Morgan fingerprint density at radius 3 is 2.67 bits per heavy atom. The van der Waals surface area contributed by atoms with Crippen LogP contribution < -0.4 is 0 Å². The molecule has 4 heteroatoms. The molecule has 0 spiro atoms. The molecule has 0 aromatic rings. The zero-order valence-corrected chi connectivity index (χ0v) is 9.66. The van der Waals surface area contributed by atoms with Crippen LogP contribution in [0, 0.1) is 11.3 Å². The first-order valence-electron chi connectivity index (χ1n) is 5.49. The topological polar surface area (TPSA) is 53.3 Å². The average Bonchev–Trinajstić information content (AvgIpc) is 2.18. The minimum absolute atomic E-state index is 0.178. The monoisotopic (exact) mass is 212 g/mol. The van der Waals surface area contributed by atoms with Crippen LogP contribution in [0.3, 0.4) is 0 Å². The van der Waals surface area contributed by atoms with Gasteiger partial charge < -0.3 is 4.74 Å². The summed E-state index contributed by atoms with van der Waals surface area (Å²) in [7, 11) is 0. The Morgan fingerprint density at radius 1 is 1.40 bits per heavy atom. The van der Waals surface area contributed by atoms with Crippen LogP contribution in [-0.2, 0) is 9.53 Å². The van der Waals surface area contributed by atoms with E-state index in [-0.39, 0.29) is 5.97 Å². The summed E-state index contributed by atoms with van der Waals surface area (Å²) in [5.74, 6) is -0.178. The summed E-state index contributed by atoms with van der Waals surface area (Å²) in [4.78, 5) is 13.3. The van der Waals surface area contributed by atoms with E-state index in [1.54, 1.807) is 6.92 Å². The summed E-state index contributed by atoms with van der Waals surface area (Å²) in [6.45, 7) is 6.31. The van der Waals surface area contributed by atoms with Crippen molar-refractivity contribution in [2.75, 3.05) is 26.2 Å². The van der Waals surface area contributed by atoms with Crippen LogP contribution in [0.4, 0.5) is 0 Å². The number of hydrogen-bond acceptors (Lipinski definition) is 4. The summed E-state index contributed by atoms with van der Waals surface area (Å²) in [6.07, 6.45) is 2.37. The van der Waals surface area contributed by atoms with Crippen molar-refractivity contribution in [2.45, 2.75) is 33.1 Å². The zero-order valence-electron chi connectivity index (χ0n) is 9.66. The molecule has 0 heterocycles. The van der Waals surface area contributed by atoms with Gasteiger partial charge in [0.05, 0.1) is 19.2 Å². The Hall–Kier alpha value is -1.08. The highest BCUT2D eigenvalue weighted by Gasteiger charge is 2.09. The number of carbonyl (C=O) groups excluding carboxylic acids is 1. The first-order chi connectivity index (χ1) is 7.24. The fourth-order valence-corrected chi connectivity index (χ4v) is 1.36. The molecule has 0 rings (SSSR count). The summed E-state index contributed by atoms with van der Waals surface area (Å²) >= 11 is 0. The highest BCUT2D eigenvalue weighted by molar-refractivity contribution is 5.71. The number of hydrogen-bond donors (Lipinski definition) is 0. The maximum absolute atomic E-state index is 11.2. The van der Waals surface area contributed by atoms with Gasteiger partial charge >= 0.3 is 5.97 Å². The maximum Gasteiger partial charge on any atom is 0.320 e. The van der Waals surface area contributed by atoms with Gasteiger partial charge in [-0.3, -0.25) is 9.69 Å². The molecule has 0 atom stereocenters. The van der Waals surface area contributed by atoms with Gasteiger partial charge in [0.25, 0.3) is 0 Å². The number of rotatable bonds is 8. The fourth-order valence-electron chi connectivity index (χ4n) is 1.36. The van der Waals surface area contributed by atoms with E-state index in [9.17, 15) is 4.79 Å². The molecule has 0 fully saturated rings. The third kappa shape index (κ3) is 7.95. The van der Waals surface area contributed by atoms with Gasteiger partial charge in [-0.15, -0.1) is 0 Å². The molecule has 0 saturated heterocycles. The van der Waals surface area contributed by atoms with Gasteiger partial charge in [-0.25, -0.2) is 0 Å². The molecule has 0 radical (unpaired) electrons. The third-order valence-corrected chi connectivity index (χ3v) is 1.96. The predicted molar refractivity (Wildman–Crippen MR) is 58.2 cm³/mol. The van der Waals surface area contributed by atoms with Crippen LogP contribution in [0.1, 0.15) is 33.1 Å². The van der Waals surface area contributed by atoms with Gasteiger partial charge in [0.15, 0.2) is 0 Å². The number of esters is 1. The molecule has 86 valence electrons. The number of nitrogens with zero attached hydrogens (tertiary/aromatic N) is 2. The minimum Gasteiger partial charge on any atom is -0.465 e. The third-order valence-electron chi connectivity index (χ3n) is 1.96. The Balaban J connectivity index is 3.81. The number of nitriles is 1. The molecule has 4 nitrogen and oxygen atoms in total. The molecule has 0 unspecified atom stereocenters. The van der Waals surface area contributed by atoms with Crippen molar-refractivity contribution in [3.63, 3.8) is 0 Å². The lowest BCUT2D eigenvalue weighted by molar-refractivity contribution is -0.144. The van der Waals surface area contributed by atoms with E-state index in [0.29, 0.717) is 19.6 Å². The average molecular weight is 212 g/mol. The zero-order chi connectivity index (χ0) is 11.5. The minimum atomic E-state index is -0.178. The maximum atomic E-state index is 11.2. The molecule has 0 aromatic heterocycles. The lowest BCUT2D eigenvalue weighted by atomic mass is 10.3. The van der Waals surface area contributed by atoms with Crippen LogP contribution >= 0.6 is 0 Å². The second-order valence-corrected chi connectivity index (χ2v) is 3.34. The first-order valence-corrected chi connectivity index (χ1v) is 5.49. The normalized spacial score (nSPS) is 10.0. The van der Waals surface area contributed by atoms with Gasteiger partial charge in [-0.1, -0.05) is 6.92 Å². The molecule has 0 bridgehead atoms. The van der Waals surface area contributed by atoms with E-state index in [4.69, 9.17) is 10.00 Å². The molecular weight excluding hydrogens is 192 g/mol. The van der Waals surface area contributed by atoms with Crippen LogP contribution in [0.2, 0.25) is 0 Å². The Labute approximate surface area is 91.8 Å². The molecule has 0 aliphatic carbocycles. The van der Waals surface area contributed by atoms with Crippen LogP contribution in [-0.4, -0.2) is 37.1 Å².